The highest BCUT2D eigenvalue weighted by atomic mass is 35.5. The molecule has 0 radical (unpaired) electrons. The molecule has 0 saturated heterocycles. The number of hydrogen-bond acceptors (Lipinski definition) is 4. The monoisotopic (exact) mass is 292 g/mol. The van der Waals surface area contributed by atoms with E-state index < -0.39 is 0 Å². The van der Waals surface area contributed by atoms with Crippen molar-refractivity contribution in [2.75, 3.05) is 6.61 Å². The lowest BCUT2D eigenvalue weighted by atomic mass is 10.0. The largest absolute Gasteiger partial charge is 0.493 e. The van der Waals surface area contributed by atoms with E-state index in [0.29, 0.717) is 13.0 Å². The summed E-state index contributed by atoms with van der Waals surface area (Å²) in [4.78, 5) is 4.35. The van der Waals surface area contributed by atoms with Crippen LogP contribution in [0.2, 0.25) is 5.02 Å². The van der Waals surface area contributed by atoms with Crippen LogP contribution >= 0.6 is 11.6 Å². The number of nitrogens with two attached hydrogens (primary N) is 1. The Bertz CT molecular complexity index is 626. The number of imidazole rings is 1. The molecule has 6 heteroatoms. The van der Waals surface area contributed by atoms with Gasteiger partial charge in [-0.15, -0.1) is 0 Å². The average Bonchev–Trinajstić information content (AvgIpc) is 3.04. The van der Waals surface area contributed by atoms with Gasteiger partial charge in [0.2, 0.25) is 0 Å². The van der Waals surface area contributed by atoms with Gasteiger partial charge in [0.05, 0.1) is 12.6 Å². The zero-order valence-electron chi connectivity index (χ0n) is 11.3. The first-order chi connectivity index (χ1) is 9.69. The van der Waals surface area contributed by atoms with E-state index in [4.69, 9.17) is 22.2 Å². The SMILES string of the molecule is Cn1ccnc1C(Cc1cc(Cl)cc2c1OCC2)NN. The maximum atomic E-state index is 6.18. The fourth-order valence-electron chi connectivity index (χ4n) is 2.66. The Hall–Kier alpha value is -1.56. The normalized spacial score (nSPS) is 14.9. The van der Waals surface area contributed by atoms with Gasteiger partial charge in [0.1, 0.15) is 11.6 Å². The number of ether oxygens (including phenoxy) is 1. The lowest BCUT2D eigenvalue weighted by molar-refractivity contribution is 0.351. The van der Waals surface area contributed by atoms with Crippen LogP contribution in [0.15, 0.2) is 24.5 Å². The van der Waals surface area contributed by atoms with Gasteiger partial charge in [-0.25, -0.2) is 10.4 Å². The molecular formula is C14H17ClN4O. The minimum Gasteiger partial charge on any atom is -0.493 e. The molecule has 3 rings (SSSR count). The lowest BCUT2D eigenvalue weighted by Gasteiger charge is -2.17. The van der Waals surface area contributed by atoms with Crippen LogP contribution in [0.4, 0.5) is 0 Å². The van der Waals surface area contributed by atoms with Crippen LogP contribution in [0.1, 0.15) is 23.0 Å². The molecule has 0 aliphatic carbocycles. The van der Waals surface area contributed by atoms with Crippen LogP contribution in [0, 0.1) is 0 Å². The third kappa shape index (κ3) is 2.40. The minimum absolute atomic E-state index is 0.0817. The van der Waals surface area contributed by atoms with Crippen LogP contribution < -0.4 is 16.0 Å². The van der Waals surface area contributed by atoms with Gasteiger partial charge >= 0.3 is 0 Å². The summed E-state index contributed by atoms with van der Waals surface area (Å²) in [5.74, 6) is 7.52. The first-order valence-corrected chi connectivity index (χ1v) is 6.94. The van der Waals surface area contributed by atoms with Crippen molar-refractivity contribution in [2.24, 2.45) is 12.9 Å². The maximum Gasteiger partial charge on any atom is 0.127 e. The molecule has 1 aromatic carbocycles. The first-order valence-electron chi connectivity index (χ1n) is 6.56. The number of nitrogens with one attached hydrogen (secondary N) is 1. The van der Waals surface area contributed by atoms with Crippen molar-refractivity contribution in [1.29, 1.82) is 0 Å². The third-order valence-corrected chi connectivity index (χ3v) is 3.84. The van der Waals surface area contributed by atoms with E-state index in [9.17, 15) is 0 Å². The smallest absolute Gasteiger partial charge is 0.127 e. The van der Waals surface area contributed by atoms with Gasteiger partial charge in [0, 0.05) is 30.9 Å². The lowest BCUT2D eigenvalue weighted by Crippen LogP contribution is -2.31. The molecule has 2 heterocycles. The number of hydrazine groups is 1. The summed E-state index contributed by atoms with van der Waals surface area (Å²) in [5, 5.41) is 0.736. The summed E-state index contributed by atoms with van der Waals surface area (Å²) in [6.07, 6.45) is 5.26. The second-order valence-electron chi connectivity index (χ2n) is 4.97. The van der Waals surface area contributed by atoms with E-state index >= 15 is 0 Å². The molecule has 3 N–H and O–H groups in total. The van der Waals surface area contributed by atoms with E-state index in [1.807, 2.05) is 29.9 Å². The highest BCUT2D eigenvalue weighted by Gasteiger charge is 2.22. The van der Waals surface area contributed by atoms with E-state index in [-0.39, 0.29) is 6.04 Å². The van der Waals surface area contributed by atoms with Crippen LogP contribution in [0.25, 0.3) is 0 Å². The maximum absolute atomic E-state index is 6.18. The molecule has 2 aromatic rings. The van der Waals surface area contributed by atoms with Crippen molar-refractivity contribution in [3.05, 3.63) is 46.5 Å². The standard InChI is InChI=1S/C14H17ClN4O/c1-19-4-3-17-14(19)12(18-16)8-10-7-11(15)6-9-2-5-20-13(9)10/h3-4,6-7,12,18H,2,5,8,16H2,1H3. The zero-order valence-corrected chi connectivity index (χ0v) is 12.0. The highest BCUT2D eigenvalue weighted by Crippen LogP contribution is 2.34. The van der Waals surface area contributed by atoms with Gasteiger partial charge in [-0.3, -0.25) is 5.84 Å². The number of aryl methyl sites for hydroxylation is 1. The predicted octanol–water partition coefficient (Wildman–Crippen LogP) is 1.76. The van der Waals surface area contributed by atoms with Crippen LogP contribution in [0.5, 0.6) is 5.75 Å². The molecule has 1 aromatic heterocycles. The predicted molar refractivity (Wildman–Crippen MR) is 77.6 cm³/mol. The summed E-state index contributed by atoms with van der Waals surface area (Å²) in [6.45, 7) is 0.714. The summed E-state index contributed by atoms with van der Waals surface area (Å²) in [5.41, 5.74) is 5.06. The zero-order chi connectivity index (χ0) is 14.1. The van der Waals surface area contributed by atoms with Gasteiger partial charge in [0.15, 0.2) is 0 Å². The number of nitrogens with zero attached hydrogens (tertiary/aromatic N) is 2. The van der Waals surface area contributed by atoms with Crippen molar-refractivity contribution in [3.8, 4) is 5.75 Å². The summed E-state index contributed by atoms with van der Waals surface area (Å²) >= 11 is 6.18. The average molecular weight is 293 g/mol. The number of rotatable bonds is 4. The van der Waals surface area contributed by atoms with Crippen molar-refractivity contribution in [1.82, 2.24) is 15.0 Å². The Labute approximate surface area is 122 Å². The number of benzene rings is 1. The van der Waals surface area contributed by atoms with Gasteiger partial charge < -0.3 is 9.30 Å². The second kappa shape index (κ2) is 5.44. The molecule has 20 heavy (non-hydrogen) atoms. The third-order valence-electron chi connectivity index (χ3n) is 3.62. The molecule has 1 aliphatic heterocycles. The molecule has 1 atom stereocenters. The fourth-order valence-corrected chi connectivity index (χ4v) is 2.92. The van der Waals surface area contributed by atoms with Crippen molar-refractivity contribution in [3.63, 3.8) is 0 Å². The summed E-state index contributed by atoms with van der Waals surface area (Å²) in [6, 6.07) is 3.83. The van der Waals surface area contributed by atoms with Gasteiger partial charge in [-0.05, 0) is 29.7 Å². The van der Waals surface area contributed by atoms with Crippen molar-refractivity contribution >= 4 is 11.6 Å². The van der Waals surface area contributed by atoms with Crippen LogP contribution in [-0.2, 0) is 19.9 Å². The molecule has 106 valence electrons. The van der Waals surface area contributed by atoms with Gasteiger partial charge in [0.25, 0.3) is 0 Å². The van der Waals surface area contributed by atoms with Gasteiger partial charge in [-0.2, -0.15) is 0 Å². The number of aromatic nitrogens is 2. The van der Waals surface area contributed by atoms with Gasteiger partial charge in [-0.1, -0.05) is 11.6 Å². The Kier molecular flexibility index (Phi) is 3.65. The molecule has 0 amide bonds. The topological polar surface area (TPSA) is 65.1 Å². The number of fused-ring (bicyclic) bond motifs is 1. The van der Waals surface area contributed by atoms with E-state index in [1.54, 1.807) is 6.20 Å². The molecule has 5 nitrogen and oxygen atoms in total. The van der Waals surface area contributed by atoms with Crippen molar-refractivity contribution in [2.45, 2.75) is 18.9 Å². The quantitative estimate of drug-likeness (QED) is 0.666. The molecule has 1 unspecified atom stereocenters. The first kappa shape index (κ1) is 13.4. The Morgan fingerprint density at radius 3 is 3.10 bits per heavy atom. The molecule has 0 bridgehead atoms. The Morgan fingerprint density at radius 2 is 2.40 bits per heavy atom. The highest BCUT2D eigenvalue weighted by molar-refractivity contribution is 6.30. The van der Waals surface area contributed by atoms with Crippen LogP contribution in [0.3, 0.4) is 0 Å². The van der Waals surface area contributed by atoms with E-state index in [2.05, 4.69) is 10.4 Å². The molecule has 0 saturated carbocycles. The second-order valence-corrected chi connectivity index (χ2v) is 5.41. The van der Waals surface area contributed by atoms with E-state index in [0.717, 1.165) is 28.6 Å². The fraction of sp³-hybridized carbons (Fsp3) is 0.357. The number of halogens is 1. The molecule has 0 spiro atoms. The molecular weight excluding hydrogens is 276 g/mol. The Morgan fingerprint density at radius 1 is 1.55 bits per heavy atom. The van der Waals surface area contributed by atoms with Crippen LogP contribution in [-0.4, -0.2) is 16.2 Å². The summed E-state index contributed by atoms with van der Waals surface area (Å²) < 4.78 is 7.68. The molecule has 1 aliphatic rings. The van der Waals surface area contributed by atoms with E-state index in [1.165, 1.54) is 5.56 Å². The molecule has 0 fully saturated rings. The summed E-state index contributed by atoms with van der Waals surface area (Å²) in [7, 11) is 1.95. The van der Waals surface area contributed by atoms with Crippen molar-refractivity contribution < 1.29 is 4.74 Å². The minimum atomic E-state index is -0.0817. The number of hydrogen-bond donors (Lipinski definition) is 2. The Balaban J connectivity index is 1.92.